The third-order valence-corrected chi connectivity index (χ3v) is 4.05. The van der Waals surface area contributed by atoms with Gasteiger partial charge in [0, 0.05) is 31.9 Å². The molecule has 1 N–H and O–H groups in total. The van der Waals surface area contributed by atoms with Crippen LogP contribution >= 0.6 is 0 Å². The highest BCUT2D eigenvalue weighted by atomic mass is 15.2. The van der Waals surface area contributed by atoms with E-state index in [2.05, 4.69) is 55.0 Å². The second-order valence-electron chi connectivity index (χ2n) is 7.15. The normalized spacial score (nSPS) is 15.4. The van der Waals surface area contributed by atoms with E-state index in [1.54, 1.807) is 0 Å². The van der Waals surface area contributed by atoms with Crippen LogP contribution in [0.4, 0.5) is 0 Å². The van der Waals surface area contributed by atoms with Crippen LogP contribution < -0.4 is 5.32 Å². The molecule has 0 saturated heterocycles. The maximum atomic E-state index is 4.64. The Morgan fingerprint density at radius 3 is 2.52 bits per heavy atom. The number of rotatable bonds is 9. The monoisotopic (exact) mass is 289 g/mol. The van der Waals surface area contributed by atoms with Crippen LogP contribution in [0.5, 0.6) is 0 Å². The Bertz CT molecular complexity index is 407. The van der Waals surface area contributed by atoms with Crippen molar-refractivity contribution in [3.8, 4) is 0 Å². The van der Waals surface area contributed by atoms with Crippen LogP contribution in [-0.2, 0) is 13.1 Å². The summed E-state index contributed by atoms with van der Waals surface area (Å²) in [5, 5.41) is 3.46. The zero-order chi connectivity index (χ0) is 15.2. The van der Waals surface area contributed by atoms with E-state index in [4.69, 9.17) is 0 Å². The number of nitrogens with one attached hydrogen (secondary N) is 1. The first-order valence-corrected chi connectivity index (χ1v) is 8.43. The smallest absolute Gasteiger partial charge is 0.0544 e. The van der Waals surface area contributed by atoms with Crippen molar-refractivity contribution < 1.29 is 0 Å². The van der Waals surface area contributed by atoms with Crippen LogP contribution in [-0.4, -0.2) is 29.0 Å². The second kappa shape index (κ2) is 7.90. The Morgan fingerprint density at radius 2 is 2.00 bits per heavy atom. The molecule has 1 heterocycles. The van der Waals surface area contributed by atoms with Crippen molar-refractivity contribution in [2.24, 2.45) is 11.8 Å². The van der Waals surface area contributed by atoms with E-state index in [-0.39, 0.29) is 0 Å². The van der Waals surface area contributed by atoms with Crippen molar-refractivity contribution in [2.75, 3.05) is 13.1 Å². The SMILES string of the molecule is CC(C)CNCc1ccc(CN(CC2CC2)C(C)C)nc1. The molecule has 118 valence electrons. The van der Waals surface area contributed by atoms with E-state index in [0.29, 0.717) is 12.0 Å². The van der Waals surface area contributed by atoms with Gasteiger partial charge in [-0.05, 0) is 56.7 Å². The molecular formula is C18H31N3. The van der Waals surface area contributed by atoms with Gasteiger partial charge in [0.2, 0.25) is 0 Å². The third-order valence-electron chi connectivity index (χ3n) is 4.05. The van der Waals surface area contributed by atoms with Crippen LogP contribution in [0, 0.1) is 11.8 Å². The van der Waals surface area contributed by atoms with Gasteiger partial charge in [0.25, 0.3) is 0 Å². The molecule has 1 aliphatic rings. The Kier molecular flexibility index (Phi) is 6.19. The van der Waals surface area contributed by atoms with Gasteiger partial charge in [0.15, 0.2) is 0 Å². The van der Waals surface area contributed by atoms with Gasteiger partial charge >= 0.3 is 0 Å². The van der Waals surface area contributed by atoms with E-state index >= 15 is 0 Å². The predicted molar refractivity (Wildman–Crippen MR) is 89.1 cm³/mol. The molecule has 3 heteroatoms. The lowest BCUT2D eigenvalue weighted by Gasteiger charge is -2.26. The molecule has 1 aromatic rings. The lowest BCUT2D eigenvalue weighted by atomic mass is 10.2. The summed E-state index contributed by atoms with van der Waals surface area (Å²) in [6.45, 7) is 13.2. The van der Waals surface area contributed by atoms with E-state index in [1.165, 1.54) is 30.6 Å². The average molecular weight is 289 g/mol. The molecule has 1 aromatic heterocycles. The largest absolute Gasteiger partial charge is 0.312 e. The van der Waals surface area contributed by atoms with E-state index in [1.807, 2.05) is 6.20 Å². The van der Waals surface area contributed by atoms with Gasteiger partial charge in [0.1, 0.15) is 0 Å². The number of pyridine rings is 1. The highest BCUT2D eigenvalue weighted by Gasteiger charge is 2.25. The van der Waals surface area contributed by atoms with E-state index in [9.17, 15) is 0 Å². The summed E-state index contributed by atoms with van der Waals surface area (Å²) in [7, 11) is 0. The highest BCUT2D eigenvalue weighted by molar-refractivity contribution is 5.14. The van der Waals surface area contributed by atoms with Crippen molar-refractivity contribution in [2.45, 2.75) is 59.7 Å². The third kappa shape index (κ3) is 6.15. The van der Waals surface area contributed by atoms with Crippen molar-refractivity contribution in [1.82, 2.24) is 15.2 Å². The Morgan fingerprint density at radius 1 is 1.24 bits per heavy atom. The molecule has 0 amide bonds. The molecule has 0 aromatic carbocycles. The van der Waals surface area contributed by atoms with E-state index in [0.717, 1.165) is 25.6 Å². The topological polar surface area (TPSA) is 28.2 Å². The lowest BCUT2D eigenvalue weighted by molar-refractivity contribution is 0.201. The second-order valence-corrected chi connectivity index (χ2v) is 7.15. The summed E-state index contributed by atoms with van der Waals surface area (Å²) in [5.74, 6) is 1.63. The minimum absolute atomic E-state index is 0.597. The summed E-state index contributed by atoms with van der Waals surface area (Å²) < 4.78 is 0. The first-order valence-electron chi connectivity index (χ1n) is 8.43. The molecule has 0 aliphatic heterocycles. The molecule has 1 aliphatic carbocycles. The molecule has 1 saturated carbocycles. The fraction of sp³-hybridized carbons (Fsp3) is 0.722. The van der Waals surface area contributed by atoms with Crippen LogP contribution in [0.15, 0.2) is 18.3 Å². The maximum absolute atomic E-state index is 4.64. The molecule has 21 heavy (non-hydrogen) atoms. The lowest BCUT2D eigenvalue weighted by Crippen LogP contribution is -2.32. The average Bonchev–Trinajstić information content (AvgIpc) is 3.23. The highest BCUT2D eigenvalue weighted by Crippen LogP contribution is 2.30. The Labute approximate surface area is 130 Å². The first kappa shape index (κ1) is 16.4. The summed E-state index contributed by atoms with van der Waals surface area (Å²) in [6.07, 6.45) is 4.85. The first-order chi connectivity index (χ1) is 10.0. The predicted octanol–water partition coefficient (Wildman–Crippen LogP) is 3.45. The van der Waals surface area contributed by atoms with Crippen LogP contribution in [0.3, 0.4) is 0 Å². The van der Waals surface area contributed by atoms with Crippen LogP contribution in [0.1, 0.15) is 51.8 Å². The maximum Gasteiger partial charge on any atom is 0.0544 e. The molecule has 1 fully saturated rings. The van der Waals surface area contributed by atoms with Crippen LogP contribution in [0.2, 0.25) is 0 Å². The molecule has 2 rings (SSSR count). The van der Waals surface area contributed by atoms with Crippen molar-refractivity contribution >= 4 is 0 Å². The van der Waals surface area contributed by atoms with Gasteiger partial charge in [-0.1, -0.05) is 19.9 Å². The minimum atomic E-state index is 0.597. The van der Waals surface area contributed by atoms with Crippen molar-refractivity contribution in [1.29, 1.82) is 0 Å². The standard InChI is InChI=1S/C18H31N3/c1-14(2)9-19-10-17-7-8-18(20-11-17)13-21(15(3)4)12-16-5-6-16/h7-8,11,14-16,19H,5-6,9-10,12-13H2,1-4H3. The molecule has 0 unspecified atom stereocenters. The number of hydrogen-bond acceptors (Lipinski definition) is 3. The minimum Gasteiger partial charge on any atom is -0.312 e. The fourth-order valence-electron chi connectivity index (χ4n) is 2.46. The van der Waals surface area contributed by atoms with Gasteiger partial charge < -0.3 is 5.32 Å². The summed E-state index contributed by atoms with van der Waals surface area (Å²) in [4.78, 5) is 7.20. The van der Waals surface area contributed by atoms with Gasteiger partial charge in [-0.3, -0.25) is 9.88 Å². The van der Waals surface area contributed by atoms with Crippen LogP contribution in [0.25, 0.3) is 0 Å². The number of hydrogen-bond donors (Lipinski definition) is 1. The Balaban J connectivity index is 1.82. The molecular weight excluding hydrogens is 258 g/mol. The molecule has 0 spiro atoms. The van der Waals surface area contributed by atoms with Gasteiger partial charge in [0.05, 0.1) is 5.69 Å². The molecule has 0 bridgehead atoms. The zero-order valence-corrected chi connectivity index (χ0v) is 14.1. The fourth-order valence-corrected chi connectivity index (χ4v) is 2.46. The van der Waals surface area contributed by atoms with Gasteiger partial charge in [-0.25, -0.2) is 0 Å². The molecule has 3 nitrogen and oxygen atoms in total. The summed E-state index contributed by atoms with van der Waals surface area (Å²) >= 11 is 0. The van der Waals surface area contributed by atoms with Crippen molar-refractivity contribution in [3.63, 3.8) is 0 Å². The van der Waals surface area contributed by atoms with Gasteiger partial charge in [-0.15, -0.1) is 0 Å². The number of nitrogens with zero attached hydrogens (tertiary/aromatic N) is 2. The zero-order valence-electron chi connectivity index (χ0n) is 14.1. The molecule has 0 radical (unpaired) electrons. The molecule has 0 atom stereocenters. The Hall–Kier alpha value is -0.930. The quantitative estimate of drug-likeness (QED) is 0.755. The van der Waals surface area contributed by atoms with Gasteiger partial charge in [-0.2, -0.15) is 0 Å². The van der Waals surface area contributed by atoms with Crippen molar-refractivity contribution in [3.05, 3.63) is 29.6 Å². The number of aromatic nitrogens is 1. The van der Waals surface area contributed by atoms with E-state index < -0.39 is 0 Å². The summed E-state index contributed by atoms with van der Waals surface area (Å²) in [5.41, 5.74) is 2.47. The summed E-state index contributed by atoms with van der Waals surface area (Å²) in [6, 6.07) is 5.00.